The number of hydrogen-bond donors (Lipinski definition) is 1. The molecule has 0 spiro atoms. The fraction of sp³-hybridized carbons (Fsp3) is 0.353. The summed E-state index contributed by atoms with van der Waals surface area (Å²) in [5.41, 5.74) is 1.84. The van der Waals surface area contributed by atoms with Crippen molar-refractivity contribution in [2.45, 2.75) is 32.8 Å². The van der Waals surface area contributed by atoms with Crippen LogP contribution in [0.1, 0.15) is 37.6 Å². The van der Waals surface area contributed by atoms with Gasteiger partial charge in [-0.2, -0.15) is 0 Å². The second-order valence-electron chi connectivity index (χ2n) is 4.78. The average molecular weight is 287 g/mol. The SMILES string of the molecule is CCc1ccc(Oc2ccc([C@H](O)CC)nc2)c(OC)c1. The van der Waals surface area contributed by atoms with Gasteiger partial charge in [0.2, 0.25) is 0 Å². The summed E-state index contributed by atoms with van der Waals surface area (Å²) in [4.78, 5) is 4.22. The Morgan fingerprint density at radius 3 is 2.52 bits per heavy atom. The van der Waals surface area contributed by atoms with Crippen LogP contribution in [0, 0.1) is 0 Å². The fourth-order valence-electron chi connectivity index (χ4n) is 2.00. The number of ether oxygens (including phenoxy) is 2. The molecule has 0 bridgehead atoms. The predicted octanol–water partition coefficient (Wildman–Crippen LogP) is 3.89. The first kappa shape index (κ1) is 15.3. The van der Waals surface area contributed by atoms with E-state index in [0.29, 0.717) is 29.4 Å². The summed E-state index contributed by atoms with van der Waals surface area (Å²) in [7, 11) is 1.63. The molecule has 0 fully saturated rings. The molecular formula is C17H21NO3. The van der Waals surface area contributed by atoms with Crippen molar-refractivity contribution >= 4 is 0 Å². The molecule has 0 aliphatic rings. The zero-order valence-corrected chi connectivity index (χ0v) is 12.7. The van der Waals surface area contributed by atoms with Crippen LogP contribution >= 0.6 is 0 Å². The summed E-state index contributed by atoms with van der Waals surface area (Å²) in [6.07, 6.45) is 2.67. The number of aromatic nitrogens is 1. The van der Waals surface area contributed by atoms with Gasteiger partial charge in [-0.25, -0.2) is 0 Å². The van der Waals surface area contributed by atoms with Crippen LogP contribution in [-0.2, 0) is 6.42 Å². The Hall–Kier alpha value is -2.07. The molecule has 4 nitrogen and oxygen atoms in total. The van der Waals surface area contributed by atoms with E-state index in [-0.39, 0.29) is 0 Å². The highest BCUT2D eigenvalue weighted by atomic mass is 16.5. The quantitative estimate of drug-likeness (QED) is 0.875. The summed E-state index contributed by atoms with van der Waals surface area (Å²) >= 11 is 0. The van der Waals surface area contributed by atoms with Crippen LogP contribution in [0.25, 0.3) is 0 Å². The van der Waals surface area contributed by atoms with Crippen LogP contribution in [0.5, 0.6) is 17.2 Å². The maximum absolute atomic E-state index is 9.73. The normalized spacial score (nSPS) is 12.0. The lowest BCUT2D eigenvalue weighted by Gasteiger charge is -2.12. The molecule has 1 N–H and O–H groups in total. The molecular weight excluding hydrogens is 266 g/mol. The van der Waals surface area contributed by atoms with Crippen LogP contribution < -0.4 is 9.47 Å². The number of nitrogens with zero attached hydrogens (tertiary/aromatic N) is 1. The lowest BCUT2D eigenvalue weighted by molar-refractivity contribution is 0.169. The molecule has 21 heavy (non-hydrogen) atoms. The van der Waals surface area contributed by atoms with E-state index in [4.69, 9.17) is 9.47 Å². The molecule has 1 heterocycles. The molecule has 0 aliphatic heterocycles. The fourth-order valence-corrected chi connectivity index (χ4v) is 2.00. The minimum Gasteiger partial charge on any atom is -0.493 e. The highest BCUT2D eigenvalue weighted by Crippen LogP contribution is 2.32. The van der Waals surface area contributed by atoms with Gasteiger partial charge in [-0.1, -0.05) is 19.9 Å². The molecule has 0 radical (unpaired) electrons. The second kappa shape index (κ2) is 7.09. The third-order valence-corrected chi connectivity index (χ3v) is 3.35. The third-order valence-electron chi connectivity index (χ3n) is 3.35. The Balaban J connectivity index is 2.18. The number of aliphatic hydroxyl groups is 1. The molecule has 0 saturated heterocycles. The Labute approximate surface area is 125 Å². The maximum Gasteiger partial charge on any atom is 0.169 e. The number of methoxy groups -OCH3 is 1. The summed E-state index contributed by atoms with van der Waals surface area (Å²) in [6.45, 7) is 4.01. The molecule has 2 rings (SSSR count). The molecule has 1 aromatic heterocycles. The molecule has 0 aliphatic carbocycles. The average Bonchev–Trinajstić information content (AvgIpc) is 2.55. The van der Waals surface area contributed by atoms with E-state index < -0.39 is 6.10 Å². The first-order valence-corrected chi connectivity index (χ1v) is 7.16. The second-order valence-corrected chi connectivity index (χ2v) is 4.78. The van der Waals surface area contributed by atoms with E-state index in [1.54, 1.807) is 25.4 Å². The Morgan fingerprint density at radius 1 is 1.14 bits per heavy atom. The van der Waals surface area contributed by atoms with Gasteiger partial charge in [0.1, 0.15) is 5.75 Å². The topological polar surface area (TPSA) is 51.6 Å². The highest BCUT2D eigenvalue weighted by Gasteiger charge is 2.09. The van der Waals surface area contributed by atoms with Gasteiger partial charge in [0.05, 0.1) is 25.1 Å². The molecule has 1 atom stereocenters. The lowest BCUT2D eigenvalue weighted by atomic mass is 10.1. The summed E-state index contributed by atoms with van der Waals surface area (Å²) < 4.78 is 11.2. The van der Waals surface area contributed by atoms with Crippen molar-refractivity contribution in [2.24, 2.45) is 0 Å². The van der Waals surface area contributed by atoms with Crippen molar-refractivity contribution < 1.29 is 14.6 Å². The Kier molecular flexibility index (Phi) is 5.17. The standard InChI is InChI=1S/C17H21NO3/c1-4-12-6-9-16(17(10-12)20-3)21-13-7-8-14(18-11-13)15(19)5-2/h6-11,15,19H,4-5H2,1-3H3/t15-/m1/s1. The van der Waals surface area contributed by atoms with E-state index in [1.165, 1.54) is 5.56 Å². The molecule has 4 heteroatoms. The zero-order chi connectivity index (χ0) is 15.2. The first-order chi connectivity index (χ1) is 10.2. The van der Waals surface area contributed by atoms with Crippen molar-refractivity contribution in [3.63, 3.8) is 0 Å². The van der Waals surface area contributed by atoms with Crippen LogP contribution in [0.3, 0.4) is 0 Å². The first-order valence-electron chi connectivity index (χ1n) is 7.16. The molecule has 0 unspecified atom stereocenters. The van der Waals surface area contributed by atoms with Gasteiger partial charge in [-0.15, -0.1) is 0 Å². The van der Waals surface area contributed by atoms with Gasteiger partial charge < -0.3 is 14.6 Å². The van der Waals surface area contributed by atoms with Gasteiger partial charge in [0.15, 0.2) is 11.5 Å². The summed E-state index contributed by atoms with van der Waals surface area (Å²) in [6, 6.07) is 9.45. The largest absolute Gasteiger partial charge is 0.493 e. The van der Waals surface area contributed by atoms with E-state index in [0.717, 1.165) is 6.42 Å². The van der Waals surface area contributed by atoms with Crippen molar-refractivity contribution in [3.05, 3.63) is 47.8 Å². The van der Waals surface area contributed by atoms with Crippen molar-refractivity contribution in [1.82, 2.24) is 4.98 Å². The van der Waals surface area contributed by atoms with Crippen molar-refractivity contribution in [1.29, 1.82) is 0 Å². The molecule has 1 aromatic carbocycles. The van der Waals surface area contributed by atoms with Crippen LogP contribution in [-0.4, -0.2) is 17.2 Å². The van der Waals surface area contributed by atoms with Gasteiger partial charge in [-0.05, 0) is 42.7 Å². The monoisotopic (exact) mass is 287 g/mol. The minimum absolute atomic E-state index is 0.530. The van der Waals surface area contributed by atoms with Crippen molar-refractivity contribution in [2.75, 3.05) is 7.11 Å². The Bertz CT molecular complexity index is 581. The van der Waals surface area contributed by atoms with Gasteiger partial charge in [-0.3, -0.25) is 4.98 Å². The zero-order valence-electron chi connectivity index (χ0n) is 12.7. The van der Waals surface area contributed by atoms with Gasteiger partial charge in [0, 0.05) is 0 Å². The number of rotatable bonds is 6. The highest BCUT2D eigenvalue weighted by molar-refractivity contribution is 5.45. The van der Waals surface area contributed by atoms with E-state index >= 15 is 0 Å². The predicted molar refractivity (Wildman–Crippen MR) is 81.9 cm³/mol. The number of aliphatic hydroxyl groups excluding tert-OH is 1. The summed E-state index contributed by atoms with van der Waals surface area (Å²) in [5, 5.41) is 9.73. The van der Waals surface area contributed by atoms with Gasteiger partial charge >= 0.3 is 0 Å². The number of pyridine rings is 1. The number of hydrogen-bond acceptors (Lipinski definition) is 4. The number of benzene rings is 1. The van der Waals surface area contributed by atoms with E-state index in [1.807, 2.05) is 25.1 Å². The molecule has 0 saturated carbocycles. The van der Waals surface area contributed by atoms with Gasteiger partial charge in [0.25, 0.3) is 0 Å². The lowest BCUT2D eigenvalue weighted by Crippen LogP contribution is -1.98. The number of aryl methyl sites for hydroxylation is 1. The molecule has 2 aromatic rings. The smallest absolute Gasteiger partial charge is 0.169 e. The summed E-state index contributed by atoms with van der Waals surface area (Å²) in [5.74, 6) is 1.97. The van der Waals surface area contributed by atoms with Crippen molar-refractivity contribution in [3.8, 4) is 17.2 Å². The maximum atomic E-state index is 9.73. The van der Waals surface area contributed by atoms with E-state index in [2.05, 4.69) is 11.9 Å². The molecule has 0 amide bonds. The van der Waals surface area contributed by atoms with E-state index in [9.17, 15) is 5.11 Å². The Morgan fingerprint density at radius 2 is 1.95 bits per heavy atom. The third kappa shape index (κ3) is 3.73. The van der Waals surface area contributed by atoms with Crippen LogP contribution in [0.4, 0.5) is 0 Å². The van der Waals surface area contributed by atoms with Crippen LogP contribution in [0.2, 0.25) is 0 Å². The molecule has 112 valence electrons. The minimum atomic E-state index is -0.530. The van der Waals surface area contributed by atoms with Crippen LogP contribution in [0.15, 0.2) is 36.5 Å².